The van der Waals surface area contributed by atoms with Crippen LogP contribution in [0.2, 0.25) is 0 Å². The fraction of sp³-hybridized carbons (Fsp3) is 0.833. The maximum Gasteiger partial charge on any atom is 0.306 e. The van der Waals surface area contributed by atoms with Gasteiger partial charge in [-0.2, -0.15) is 0 Å². The Labute approximate surface area is 372 Å². The summed E-state index contributed by atoms with van der Waals surface area (Å²) in [6, 6.07) is 0. The topological polar surface area (TPSA) is 78.9 Å². The molecule has 0 radical (unpaired) electrons. The van der Waals surface area contributed by atoms with Crippen LogP contribution in [-0.4, -0.2) is 37.2 Å². The lowest BCUT2D eigenvalue weighted by Gasteiger charge is -2.18. The molecule has 0 rings (SSSR count). The molecule has 1 unspecified atom stereocenters. The van der Waals surface area contributed by atoms with Gasteiger partial charge < -0.3 is 14.2 Å². The molecule has 0 amide bonds. The highest BCUT2D eigenvalue weighted by molar-refractivity contribution is 5.71. The van der Waals surface area contributed by atoms with Gasteiger partial charge in [-0.3, -0.25) is 14.4 Å². The Morgan fingerprint density at radius 2 is 0.617 bits per heavy atom. The summed E-state index contributed by atoms with van der Waals surface area (Å²) >= 11 is 0. The van der Waals surface area contributed by atoms with Crippen LogP contribution in [0.4, 0.5) is 0 Å². The van der Waals surface area contributed by atoms with Gasteiger partial charge in [-0.1, -0.05) is 218 Å². The Morgan fingerprint density at radius 1 is 0.333 bits per heavy atom. The number of unbranched alkanes of at least 4 members (excludes halogenated alkanes) is 30. The van der Waals surface area contributed by atoms with E-state index in [0.717, 1.165) is 89.9 Å². The van der Waals surface area contributed by atoms with Crippen molar-refractivity contribution >= 4 is 17.9 Å². The van der Waals surface area contributed by atoms with E-state index in [9.17, 15) is 14.4 Å². The van der Waals surface area contributed by atoms with Gasteiger partial charge in [0, 0.05) is 19.3 Å². The highest BCUT2D eigenvalue weighted by Gasteiger charge is 2.19. The van der Waals surface area contributed by atoms with Crippen LogP contribution >= 0.6 is 0 Å². The van der Waals surface area contributed by atoms with Crippen molar-refractivity contribution in [1.29, 1.82) is 0 Å². The van der Waals surface area contributed by atoms with Crippen molar-refractivity contribution in [2.45, 2.75) is 277 Å². The lowest BCUT2D eigenvalue weighted by molar-refractivity contribution is -0.167. The number of rotatable bonds is 47. The van der Waals surface area contributed by atoms with E-state index < -0.39 is 6.10 Å². The number of carbonyl (C=O) groups excluding carboxylic acids is 3. The third-order valence-corrected chi connectivity index (χ3v) is 11.4. The molecule has 0 aromatic heterocycles. The zero-order valence-corrected chi connectivity index (χ0v) is 40.0. The Morgan fingerprint density at radius 3 is 1.00 bits per heavy atom. The smallest absolute Gasteiger partial charge is 0.306 e. The number of carbonyl (C=O) groups is 3. The monoisotopic (exact) mass is 843 g/mol. The fourth-order valence-electron chi connectivity index (χ4n) is 7.39. The van der Waals surface area contributed by atoms with Gasteiger partial charge in [0.05, 0.1) is 0 Å². The minimum atomic E-state index is -0.778. The number of hydrogen-bond donors (Lipinski definition) is 0. The van der Waals surface area contributed by atoms with Crippen LogP contribution in [0.1, 0.15) is 271 Å². The minimum absolute atomic E-state index is 0.0776. The predicted molar refractivity (Wildman–Crippen MR) is 256 cm³/mol. The highest BCUT2D eigenvalue weighted by atomic mass is 16.6. The molecule has 0 heterocycles. The second-order valence-electron chi connectivity index (χ2n) is 17.4. The molecule has 6 heteroatoms. The first kappa shape index (κ1) is 57.6. The second-order valence-corrected chi connectivity index (χ2v) is 17.4. The van der Waals surface area contributed by atoms with Crippen molar-refractivity contribution in [3.63, 3.8) is 0 Å². The normalized spacial score (nSPS) is 12.2. The third kappa shape index (κ3) is 46.7. The molecular weight excluding hydrogens is 745 g/mol. The van der Waals surface area contributed by atoms with Crippen LogP contribution in [-0.2, 0) is 28.6 Å². The van der Waals surface area contributed by atoms with Crippen LogP contribution < -0.4 is 0 Å². The molecule has 0 N–H and O–H groups in total. The first-order valence-electron chi connectivity index (χ1n) is 26.0. The van der Waals surface area contributed by atoms with Gasteiger partial charge in [0.2, 0.25) is 0 Å². The molecule has 0 bridgehead atoms. The van der Waals surface area contributed by atoms with Crippen LogP contribution in [0.5, 0.6) is 0 Å². The van der Waals surface area contributed by atoms with E-state index in [1.54, 1.807) is 0 Å². The summed E-state index contributed by atoms with van der Waals surface area (Å²) in [5, 5.41) is 0. The van der Waals surface area contributed by atoms with Crippen LogP contribution in [0, 0.1) is 0 Å². The summed E-state index contributed by atoms with van der Waals surface area (Å²) in [5.41, 5.74) is 0. The van der Waals surface area contributed by atoms with Crippen molar-refractivity contribution < 1.29 is 28.6 Å². The Bertz CT molecular complexity index is 1020. The molecule has 1 atom stereocenters. The van der Waals surface area contributed by atoms with Gasteiger partial charge in [-0.05, 0) is 70.6 Å². The van der Waals surface area contributed by atoms with Crippen molar-refractivity contribution in [1.82, 2.24) is 0 Å². The predicted octanol–water partition coefficient (Wildman–Crippen LogP) is 16.9. The number of hydrogen-bond acceptors (Lipinski definition) is 6. The van der Waals surface area contributed by atoms with Gasteiger partial charge in [0.25, 0.3) is 0 Å². The minimum Gasteiger partial charge on any atom is -0.462 e. The van der Waals surface area contributed by atoms with Gasteiger partial charge in [0.1, 0.15) is 13.2 Å². The molecule has 0 saturated heterocycles. The summed E-state index contributed by atoms with van der Waals surface area (Å²) in [4.78, 5) is 37.9. The van der Waals surface area contributed by atoms with Gasteiger partial charge in [-0.25, -0.2) is 0 Å². The molecule has 350 valence electrons. The van der Waals surface area contributed by atoms with Gasteiger partial charge >= 0.3 is 17.9 Å². The van der Waals surface area contributed by atoms with E-state index in [0.29, 0.717) is 19.3 Å². The summed E-state index contributed by atoms with van der Waals surface area (Å²) in [5.74, 6) is -0.891. The molecule has 0 fully saturated rings. The lowest BCUT2D eigenvalue weighted by atomic mass is 10.0. The van der Waals surface area contributed by atoms with E-state index in [4.69, 9.17) is 14.2 Å². The highest BCUT2D eigenvalue weighted by Crippen LogP contribution is 2.15. The third-order valence-electron chi connectivity index (χ3n) is 11.4. The molecule has 0 aliphatic heterocycles. The zero-order valence-electron chi connectivity index (χ0n) is 40.0. The molecule has 6 nitrogen and oxygen atoms in total. The summed E-state index contributed by atoms with van der Waals surface area (Å²) in [6.07, 6.45) is 56.9. The molecule has 0 aliphatic rings. The van der Waals surface area contributed by atoms with Crippen LogP contribution in [0.3, 0.4) is 0 Å². The van der Waals surface area contributed by atoms with Crippen LogP contribution in [0.25, 0.3) is 0 Å². The SMILES string of the molecule is CCCC/C=C\C/C=C\CCCCCCCC(=O)OC(COC(=O)CCCCCCC/C=C\CCCCCC)COC(=O)CCCCCCCCCCCCCCCCC. The lowest BCUT2D eigenvalue weighted by Crippen LogP contribution is -2.30. The molecular formula is C54H98O6. The first-order chi connectivity index (χ1) is 29.5. The maximum atomic E-state index is 12.8. The van der Waals surface area contributed by atoms with E-state index >= 15 is 0 Å². The molecule has 0 aromatic carbocycles. The van der Waals surface area contributed by atoms with Crippen LogP contribution in [0.15, 0.2) is 36.5 Å². The van der Waals surface area contributed by atoms with Crippen molar-refractivity contribution in [3.05, 3.63) is 36.5 Å². The van der Waals surface area contributed by atoms with E-state index in [1.807, 2.05) is 0 Å². The molecule has 0 saturated carbocycles. The second kappa shape index (κ2) is 49.3. The Hall–Kier alpha value is -2.37. The van der Waals surface area contributed by atoms with E-state index in [-0.39, 0.29) is 31.1 Å². The standard InChI is InChI=1S/C54H98O6/c1-4-7-10-13-16-19-22-25-27-30-32-35-38-41-44-47-53(56)59-50-51(49-58-52(55)46-43-40-37-34-31-28-24-21-18-15-12-9-6-3)60-54(57)48-45-42-39-36-33-29-26-23-20-17-14-11-8-5-2/h14,17,21,23-24,26,51H,4-13,15-16,18-20,22,25,27-50H2,1-3H3/b17-14-,24-21-,26-23-. The average Bonchev–Trinajstić information content (AvgIpc) is 3.24. The van der Waals surface area contributed by atoms with Crippen molar-refractivity contribution in [2.75, 3.05) is 13.2 Å². The summed E-state index contributed by atoms with van der Waals surface area (Å²) in [6.45, 7) is 6.58. The van der Waals surface area contributed by atoms with Crippen molar-refractivity contribution in [3.8, 4) is 0 Å². The summed E-state index contributed by atoms with van der Waals surface area (Å²) < 4.78 is 16.8. The number of allylic oxidation sites excluding steroid dienone is 6. The number of esters is 3. The summed E-state index contributed by atoms with van der Waals surface area (Å²) in [7, 11) is 0. The van der Waals surface area contributed by atoms with Gasteiger partial charge in [-0.15, -0.1) is 0 Å². The van der Waals surface area contributed by atoms with E-state index in [2.05, 4.69) is 57.2 Å². The molecule has 0 aliphatic carbocycles. The largest absolute Gasteiger partial charge is 0.462 e. The van der Waals surface area contributed by atoms with Crippen molar-refractivity contribution in [2.24, 2.45) is 0 Å². The first-order valence-corrected chi connectivity index (χ1v) is 26.0. The Balaban J connectivity index is 4.38. The molecule has 0 aromatic rings. The quantitative estimate of drug-likeness (QED) is 0.0263. The molecule has 0 spiro atoms. The molecule has 60 heavy (non-hydrogen) atoms. The zero-order chi connectivity index (χ0) is 43.7. The maximum absolute atomic E-state index is 12.8. The average molecular weight is 843 g/mol. The Kier molecular flexibility index (Phi) is 47.3. The van der Waals surface area contributed by atoms with E-state index in [1.165, 1.54) is 141 Å². The van der Waals surface area contributed by atoms with Gasteiger partial charge in [0.15, 0.2) is 6.10 Å². The number of ether oxygens (including phenoxy) is 3. The fourth-order valence-corrected chi connectivity index (χ4v) is 7.39.